The molecule has 2 heterocycles. The van der Waals surface area contributed by atoms with Gasteiger partial charge in [0, 0.05) is 18.7 Å². The van der Waals surface area contributed by atoms with Gasteiger partial charge in [-0.15, -0.1) is 11.3 Å². The lowest BCUT2D eigenvalue weighted by Gasteiger charge is -2.12. The van der Waals surface area contributed by atoms with Gasteiger partial charge >= 0.3 is 0 Å². The molecule has 3 rings (SSSR count). The highest BCUT2D eigenvalue weighted by Gasteiger charge is 2.07. The topological polar surface area (TPSA) is 41.0 Å². The second-order valence-electron chi connectivity index (χ2n) is 5.38. The van der Waals surface area contributed by atoms with Gasteiger partial charge in [-0.2, -0.15) is 0 Å². The average molecular weight is 316 g/mol. The number of hydrogen-bond donors (Lipinski definition) is 1. The lowest BCUT2D eigenvalue weighted by molar-refractivity contribution is 0.392. The third-order valence-electron chi connectivity index (χ3n) is 3.33. The molecule has 3 aromatic rings. The third-order valence-corrected chi connectivity index (χ3v) is 4.15. The summed E-state index contributed by atoms with van der Waals surface area (Å²) in [5, 5.41) is 6.24. The summed E-state index contributed by atoms with van der Waals surface area (Å²) in [6.45, 7) is 1.13. The fraction of sp³-hybridized carbons (Fsp3) is 0.250. The Hall–Kier alpha value is -2.05. The molecular formula is C16H17FN4S. The number of nitrogens with one attached hydrogen (secondary N) is 1. The number of hydrogen-bond acceptors (Lipinski definition) is 5. The molecule has 0 unspecified atom stereocenters. The molecule has 0 saturated heterocycles. The molecule has 0 bridgehead atoms. The zero-order valence-electron chi connectivity index (χ0n) is 12.5. The van der Waals surface area contributed by atoms with Gasteiger partial charge in [0.25, 0.3) is 0 Å². The van der Waals surface area contributed by atoms with Crippen molar-refractivity contribution in [3.05, 3.63) is 52.9 Å². The van der Waals surface area contributed by atoms with Gasteiger partial charge in [0.1, 0.15) is 22.8 Å². The van der Waals surface area contributed by atoms with Crippen molar-refractivity contribution in [3.8, 4) is 0 Å². The maximum Gasteiger partial charge on any atom is 0.138 e. The van der Waals surface area contributed by atoms with E-state index in [0.29, 0.717) is 18.7 Å². The summed E-state index contributed by atoms with van der Waals surface area (Å²) in [6.07, 6.45) is 1.54. The Bertz CT molecular complexity index is 785. The number of nitrogens with zero attached hydrogens (tertiary/aromatic N) is 3. The number of aromatic nitrogens is 2. The highest BCUT2D eigenvalue weighted by molar-refractivity contribution is 7.16. The molecule has 1 N–H and O–H groups in total. The molecule has 0 aliphatic heterocycles. The van der Waals surface area contributed by atoms with Crippen molar-refractivity contribution in [3.63, 3.8) is 0 Å². The third kappa shape index (κ3) is 3.23. The standard InChI is InChI=1S/C16H17FN4S/c1-21(2)9-12-4-3-11(7-14(12)17)8-18-15-13-5-6-22-16(13)20-10-19-15/h3-7,10H,8-9H2,1-2H3,(H,18,19,20). The molecule has 0 fully saturated rings. The van der Waals surface area contributed by atoms with E-state index in [1.165, 1.54) is 0 Å². The van der Waals surface area contributed by atoms with Gasteiger partial charge in [-0.05, 0) is 37.2 Å². The molecule has 0 atom stereocenters. The first-order chi connectivity index (χ1) is 10.6. The highest BCUT2D eigenvalue weighted by Crippen LogP contribution is 2.24. The molecule has 0 aliphatic carbocycles. The zero-order valence-corrected chi connectivity index (χ0v) is 13.3. The van der Waals surface area contributed by atoms with Gasteiger partial charge in [-0.25, -0.2) is 14.4 Å². The molecule has 0 radical (unpaired) electrons. The number of anilines is 1. The molecule has 0 saturated carbocycles. The summed E-state index contributed by atoms with van der Waals surface area (Å²) in [4.78, 5) is 11.4. The van der Waals surface area contributed by atoms with Crippen molar-refractivity contribution in [1.29, 1.82) is 0 Å². The van der Waals surface area contributed by atoms with E-state index in [0.717, 1.165) is 21.6 Å². The van der Waals surface area contributed by atoms with Crippen LogP contribution in [0.15, 0.2) is 36.0 Å². The van der Waals surface area contributed by atoms with E-state index in [2.05, 4.69) is 15.3 Å². The summed E-state index contributed by atoms with van der Waals surface area (Å²) < 4.78 is 14.1. The lowest BCUT2D eigenvalue weighted by atomic mass is 10.1. The van der Waals surface area contributed by atoms with E-state index in [1.54, 1.807) is 23.7 Å². The van der Waals surface area contributed by atoms with Crippen LogP contribution in [0.1, 0.15) is 11.1 Å². The van der Waals surface area contributed by atoms with E-state index in [-0.39, 0.29) is 5.82 Å². The molecule has 6 heteroatoms. The molecule has 0 spiro atoms. The van der Waals surface area contributed by atoms with Crippen LogP contribution in [0.25, 0.3) is 10.2 Å². The van der Waals surface area contributed by atoms with Crippen molar-refractivity contribution in [1.82, 2.24) is 14.9 Å². The normalized spacial score (nSPS) is 11.3. The summed E-state index contributed by atoms with van der Waals surface area (Å²) >= 11 is 1.58. The molecular weight excluding hydrogens is 299 g/mol. The van der Waals surface area contributed by atoms with Crippen LogP contribution in [0.3, 0.4) is 0 Å². The average Bonchev–Trinajstić information content (AvgIpc) is 2.96. The smallest absolute Gasteiger partial charge is 0.138 e. The van der Waals surface area contributed by atoms with Gasteiger partial charge in [-0.1, -0.05) is 12.1 Å². The molecule has 0 aliphatic rings. The molecule has 0 amide bonds. The van der Waals surface area contributed by atoms with Crippen LogP contribution in [0.5, 0.6) is 0 Å². The summed E-state index contributed by atoms with van der Waals surface area (Å²) in [6, 6.07) is 7.36. The van der Waals surface area contributed by atoms with Crippen LogP contribution in [-0.4, -0.2) is 29.0 Å². The first-order valence-corrected chi connectivity index (χ1v) is 7.85. The molecule has 4 nitrogen and oxygen atoms in total. The lowest BCUT2D eigenvalue weighted by Crippen LogP contribution is -2.12. The highest BCUT2D eigenvalue weighted by atomic mass is 32.1. The van der Waals surface area contributed by atoms with Gasteiger partial charge in [-0.3, -0.25) is 0 Å². The Balaban J connectivity index is 1.74. The van der Waals surface area contributed by atoms with E-state index in [9.17, 15) is 4.39 Å². The fourth-order valence-electron chi connectivity index (χ4n) is 2.29. The number of benzene rings is 1. The Morgan fingerprint density at radius 2 is 2.09 bits per heavy atom. The van der Waals surface area contributed by atoms with Gasteiger partial charge in [0.15, 0.2) is 0 Å². The van der Waals surface area contributed by atoms with E-state index in [4.69, 9.17) is 0 Å². The molecule has 1 aromatic carbocycles. The van der Waals surface area contributed by atoms with Crippen LogP contribution in [0.4, 0.5) is 10.2 Å². The van der Waals surface area contributed by atoms with Gasteiger partial charge in [0.2, 0.25) is 0 Å². The number of rotatable bonds is 5. The number of thiophene rings is 1. The minimum absolute atomic E-state index is 0.170. The van der Waals surface area contributed by atoms with Crippen molar-refractivity contribution in [2.24, 2.45) is 0 Å². The Labute approximate surface area is 132 Å². The number of halogens is 1. The monoisotopic (exact) mass is 316 g/mol. The Morgan fingerprint density at radius 3 is 2.86 bits per heavy atom. The van der Waals surface area contributed by atoms with Crippen LogP contribution in [0, 0.1) is 5.82 Å². The van der Waals surface area contributed by atoms with Crippen molar-refractivity contribution >= 4 is 27.4 Å². The van der Waals surface area contributed by atoms with E-state index >= 15 is 0 Å². The SMILES string of the molecule is CN(C)Cc1ccc(CNc2ncnc3sccc23)cc1F. The minimum Gasteiger partial charge on any atom is -0.365 e. The van der Waals surface area contributed by atoms with E-state index in [1.807, 2.05) is 42.6 Å². The molecule has 22 heavy (non-hydrogen) atoms. The minimum atomic E-state index is -0.170. The van der Waals surface area contributed by atoms with Crippen LogP contribution in [0.2, 0.25) is 0 Å². The second kappa shape index (κ2) is 6.37. The Morgan fingerprint density at radius 1 is 1.23 bits per heavy atom. The van der Waals surface area contributed by atoms with Crippen molar-refractivity contribution in [2.75, 3.05) is 19.4 Å². The molecule has 114 valence electrons. The quantitative estimate of drug-likeness (QED) is 0.782. The maximum absolute atomic E-state index is 14.1. The number of fused-ring (bicyclic) bond motifs is 1. The summed E-state index contributed by atoms with van der Waals surface area (Å²) in [5.41, 5.74) is 1.60. The maximum atomic E-state index is 14.1. The van der Waals surface area contributed by atoms with Crippen LogP contribution in [-0.2, 0) is 13.1 Å². The van der Waals surface area contributed by atoms with Crippen LogP contribution < -0.4 is 5.32 Å². The Kier molecular flexibility index (Phi) is 4.31. The first kappa shape index (κ1) is 14.9. The fourth-order valence-corrected chi connectivity index (χ4v) is 3.02. The zero-order chi connectivity index (χ0) is 15.5. The molecule has 2 aromatic heterocycles. The van der Waals surface area contributed by atoms with Crippen molar-refractivity contribution in [2.45, 2.75) is 13.1 Å². The van der Waals surface area contributed by atoms with Gasteiger partial charge < -0.3 is 10.2 Å². The first-order valence-electron chi connectivity index (χ1n) is 6.97. The van der Waals surface area contributed by atoms with Crippen molar-refractivity contribution < 1.29 is 4.39 Å². The predicted molar refractivity (Wildman–Crippen MR) is 88.5 cm³/mol. The summed E-state index contributed by atoms with van der Waals surface area (Å²) in [7, 11) is 3.85. The largest absolute Gasteiger partial charge is 0.365 e. The predicted octanol–water partition coefficient (Wildman–Crippen LogP) is 3.50. The summed E-state index contributed by atoms with van der Waals surface area (Å²) in [5.74, 6) is 0.611. The second-order valence-corrected chi connectivity index (χ2v) is 6.27. The van der Waals surface area contributed by atoms with E-state index < -0.39 is 0 Å². The van der Waals surface area contributed by atoms with Gasteiger partial charge in [0.05, 0.1) is 5.39 Å². The van der Waals surface area contributed by atoms with Crippen LogP contribution >= 0.6 is 11.3 Å².